The summed E-state index contributed by atoms with van der Waals surface area (Å²) in [5, 5.41) is 0.331. The SMILES string of the molecule is CCn1c(C)c(C2(OC(=O)c3ccccc3)OC(=O)c3c(Cl)c(Cl)c(Cl)c(Cl)c32)c2ccccc21. The molecule has 35 heavy (non-hydrogen) atoms. The maximum absolute atomic E-state index is 13.4. The molecule has 0 spiro atoms. The van der Waals surface area contributed by atoms with E-state index in [4.69, 9.17) is 55.9 Å². The van der Waals surface area contributed by atoms with E-state index in [1.54, 1.807) is 30.3 Å². The molecule has 0 fully saturated rings. The lowest BCUT2D eigenvalue weighted by Gasteiger charge is -2.30. The van der Waals surface area contributed by atoms with Gasteiger partial charge in [-0.25, -0.2) is 9.59 Å². The number of para-hydroxylation sites is 1. The maximum Gasteiger partial charge on any atom is 0.344 e. The van der Waals surface area contributed by atoms with Crippen LogP contribution in [0.1, 0.15) is 44.5 Å². The lowest BCUT2D eigenvalue weighted by atomic mass is 9.92. The van der Waals surface area contributed by atoms with Gasteiger partial charge in [0.2, 0.25) is 0 Å². The summed E-state index contributed by atoms with van der Waals surface area (Å²) >= 11 is 25.8. The molecule has 1 aliphatic rings. The summed E-state index contributed by atoms with van der Waals surface area (Å²) in [6.07, 6.45) is 0. The number of benzene rings is 3. The minimum absolute atomic E-state index is 0.0370. The summed E-state index contributed by atoms with van der Waals surface area (Å²) < 4.78 is 14.1. The average molecular weight is 549 g/mol. The molecule has 1 aliphatic heterocycles. The largest absolute Gasteiger partial charge is 0.410 e. The van der Waals surface area contributed by atoms with E-state index in [0.717, 1.165) is 5.52 Å². The highest BCUT2D eigenvalue weighted by Gasteiger charge is 2.56. The molecule has 1 unspecified atom stereocenters. The van der Waals surface area contributed by atoms with E-state index < -0.39 is 17.7 Å². The van der Waals surface area contributed by atoms with Crippen molar-refractivity contribution in [3.8, 4) is 0 Å². The summed E-state index contributed by atoms with van der Waals surface area (Å²) in [7, 11) is 0. The molecule has 0 bridgehead atoms. The molecule has 0 saturated carbocycles. The summed E-state index contributed by atoms with van der Waals surface area (Å²) in [4.78, 5) is 26.7. The standard InChI is InChI=1S/C26H17Cl4NO4/c1-3-31-13(2)18(15-11-7-8-12-16(15)31)26(34-24(32)14-9-5-4-6-10-14)19-17(25(33)35-26)20(27)22(29)23(30)21(19)28/h4-12H,3H2,1-2H3. The Bertz CT molecular complexity index is 1530. The summed E-state index contributed by atoms with van der Waals surface area (Å²) in [5.41, 5.74) is 2.23. The number of hydrogen-bond acceptors (Lipinski definition) is 4. The highest BCUT2D eigenvalue weighted by molar-refractivity contribution is 6.53. The number of halogens is 4. The van der Waals surface area contributed by atoms with Gasteiger partial charge in [0.25, 0.3) is 0 Å². The second kappa shape index (κ2) is 8.75. The first-order valence-electron chi connectivity index (χ1n) is 10.7. The van der Waals surface area contributed by atoms with E-state index in [-0.39, 0.29) is 36.8 Å². The quantitative estimate of drug-likeness (QED) is 0.148. The van der Waals surface area contributed by atoms with Gasteiger partial charge in [0.15, 0.2) is 0 Å². The van der Waals surface area contributed by atoms with Crippen LogP contribution in [0.15, 0.2) is 54.6 Å². The van der Waals surface area contributed by atoms with Crippen LogP contribution in [0.25, 0.3) is 10.9 Å². The third kappa shape index (κ3) is 3.45. The monoisotopic (exact) mass is 547 g/mol. The minimum atomic E-state index is -2.06. The second-order valence-corrected chi connectivity index (χ2v) is 9.50. The number of carbonyl (C=O) groups is 2. The smallest absolute Gasteiger partial charge is 0.344 e. The molecule has 0 N–H and O–H groups in total. The van der Waals surface area contributed by atoms with Crippen LogP contribution < -0.4 is 0 Å². The minimum Gasteiger partial charge on any atom is -0.410 e. The van der Waals surface area contributed by atoms with Gasteiger partial charge in [-0.3, -0.25) is 0 Å². The van der Waals surface area contributed by atoms with Crippen LogP contribution in [0, 0.1) is 6.92 Å². The van der Waals surface area contributed by atoms with Gasteiger partial charge in [0.1, 0.15) is 0 Å². The zero-order valence-corrected chi connectivity index (χ0v) is 21.5. The van der Waals surface area contributed by atoms with Gasteiger partial charge < -0.3 is 14.0 Å². The Kier molecular flexibility index (Phi) is 6.01. The number of nitrogens with zero attached hydrogens (tertiary/aromatic N) is 1. The first-order valence-corrected chi connectivity index (χ1v) is 12.2. The fraction of sp³-hybridized carbons (Fsp3) is 0.154. The van der Waals surface area contributed by atoms with Crippen molar-refractivity contribution in [2.75, 3.05) is 0 Å². The predicted octanol–water partition coefficient (Wildman–Crippen LogP) is 7.81. The first-order chi connectivity index (χ1) is 16.7. The van der Waals surface area contributed by atoms with Crippen molar-refractivity contribution >= 4 is 69.2 Å². The molecule has 0 radical (unpaired) electrons. The molecule has 4 aromatic rings. The number of fused-ring (bicyclic) bond motifs is 2. The summed E-state index contributed by atoms with van der Waals surface area (Å²) in [6.45, 7) is 4.46. The van der Waals surface area contributed by atoms with Crippen molar-refractivity contribution < 1.29 is 19.1 Å². The van der Waals surface area contributed by atoms with Crippen molar-refractivity contribution in [1.29, 1.82) is 0 Å². The van der Waals surface area contributed by atoms with E-state index in [0.29, 0.717) is 23.2 Å². The first kappa shape index (κ1) is 24.0. The number of aromatic nitrogens is 1. The molecule has 3 aromatic carbocycles. The maximum atomic E-state index is 13.4. The number of aryl methyl sites for hydroxylation is 1. The molecule has 9 heteroatoms. The molecule has 5 nitrogen and oxygen atoms in total. The average Bonchev–Trinajstić information content (AvgIpc) is 3.32. The van der Waals surface area contributed by atoms with Crippen molar-refractivity contribution in [3.63, 3.8) is 0 Å². The number of rotatable bonds is 4. The number of esters is 2. The molecule has 178 valence electrons. The number of hydrogen-bond donors (Lipinski definition) is 0. The number of carbonyl (C=O) groups excluding carboxylic acids is 2. The lowest BCUT2D eigenvalue weighted by molar-refractivity contribution is -0.136. The van der Waals surface area contributed by atoms with Gasteiger partial charge in [-0.05, 0) is 32.0 Å². The fourth-order valence-electron chi connectivity index (χ4n) is 4.68. The van der Waals surface area contributed by atoms with Crippen molar-refractivity contribution in [2.24, 2.45) is 0 Å². The molecule has 1 atom stereocenters. The van der Waals surface area contributed by atoms with Gasteiger partial charge in [-0.2, -0.15) is 0 Å². The van der Waals surface area contributed by atoms with Gasteiger partial charge in [0.05, 0.1) is 42.3 Å². The van der Waals surface area contributed by atoms with Crippen molar-refractivity contribution in [1.82, 2.24) is 4.57 Å². The van der Waals surface area contributed by atoms with Crippen molar-refractivity contribution in [2.45, 2.75) is 26.2 Å². The zero-order valence-electron chi connectivity index (χ0n) is 18.5. The van der Waals surface area contributed by atoms with Crippen LogP contribution in [0.4, 0.5) is 0 Å². The Hall–Kier alpha value is -2.70. The van der Waals surface area contributed by atoms with Crippen LogP contribution in [-0.2, 0) is 21.8 Å². The second-order valence-electron chi connectivity index (χ2n) is 7.99. The van der Waals surface area contributed by atoms with Crippen LogP contribution in [-0.4, -0.2) is 16.5 Å². The van der Waals surface area contributed by atoms with E-state index in [2.05, 4.69) is 0 Å². The Morgan fingerprint density at radius 1 is 0.914 bits per heavy atom. The third-order valence-electron chi connectivity index (χ3n) is 6.16. The van der Waals surface area contributed by atoms with E-state index >= 15 is 0 Å². The van der Waals surface area contributed by atoms with Gasteiger partial charge in [-0.15, -0.1) is 0 Å². The molecular formula is C26H17Cl4NO4. The molecule has 0 amide bonds. The predicted molar refractivity (Wildman–Crippen MR) is 137 cm³/mol. The Morgan fingerprint density at radius 2 is 1.54 bits per heavy atom. The Balaban J connectivity index is 1.90. The molecule has 1 aromatic heterocycles. The van der Waals surface area contributed by atoms with E-state index in [1.807, 2.05) is 42.7 Å². The van der Waals surface area contributed by atoms with Crippen molar-refractivity contribution in [3.05, 3.63) is 103 Å². The van der Waals surface area contributed by atoms with Gasteiger partial charge >= 0.3 is 17.7 Å². The topological polar surface area (TPSA) is 57.5 Å². The highest BCUT2D eigenvalue weighted by Crippen LogP contribution is 2.55. The number of cyclic esters (lactones) is 1. The molecule has 0 aliphatic carbocycles. The summed E-state index contributed by atoms with van der Waals surface area (Å²) in [6, 6.07) is 15.9. The van der Waals surface area contributed by atoms with Crippen LogP contribution >= 0.6 is 46.4 Å². The molecule has 2 heterocycles. The van der Waals surface area contributed by atoms with Crippen LogP contribution in [0.5, 0.6) is 0 Å². The molecular weight excluding hydrogens is 532 g/mol. The fourth-order valence-corrected chi connectivity index (χ4v) is 5.74. The van der Waals surface area contributed by atoms with Crippen LogP contribution in [0.2, 0.25) is 20.1 Å². The highest BCUT2D eigenvalue weighted by atomic mass is 35.5. The Morgan fingerprint density at radius 3 is 2.23 bits per heavy atom. The molecule has 5 rings (SSSR count). The molecule has 0 saturated heterocycles. The number of ether oxygens (including phenoxy) is 2. The Labute approximate surface area is 221 Å². The summed E-state index contributed by atoms with van der Waals surface area (Å²) in [5.74, 6) is -3.62. The van der Waals surface area contributed by atoms with E-state index in [1.165, 1.54) is 0 Å². The van der Waals surface area contributed by atoms with Crippen LogP contribution in [0.3, 0.4) is 0 Å². The lowest BCUT2D eigenvalue weighted by Crippen LogP contribution is -2.35. The zero-order chi connectivity index (χ0) is 25.1. The van der Waals surface area contributed by atoms with Gasteiger partial charge in [-0.1, -0.05) is 82.8 Å². The normalized spacial score (nSPS) is 16.9. The third-order valence-corrected chi connectivity index (χ3v) is 7.96. The van der Waals surface area contributed by atoms with E-state index in [9.17, 15) is 9.59 Å². The van der Waals surface area contributed by atoms with Gasteiger partial charge in [0, 0.05) is 23.1 Å².